The summed E-state index contributed by atoms with van der Waals surface area (Å²) in [6.45, 7) is 0. The molecule has 17 heavy (non-hydrogen) atoms. The van der Waals surface area contributed by atoms with Gasteiger partial charge in [0.1, 0.15) is 6.10 Å². The first-order valence-electron chi connectivity index (χ1n) is 5.78. The Morgan fingerprint density at radius 2 is 2.24 bits per heavy atom. The van der Waals surface area contributed by atoms with Crippen LogP contribution in [0.5, 0.6) is 5.88 Å². The quantitative estimate of drug-likeness (QED) is 0.836. The van der Waals surface area contributed by atoms with Crippen LogP contribution in [-0.4, -0.2) is 33.0 Å². The van der Waals surface area contributed by atoms with E-state index in [0.717, 1.165) is 42.0 Å². The normalized spacial score (nSPS) is 27.2. The number of hydrogen-bond acceptors (Lipinski definition) is 5. The fourth-order valence-corrected chi connectivity index (χ4v) is 3.49. The van der Waals surface area contributed by atoms with Crippen molar-refractivity contribution in [2.75, 3.05) is 5.75 Å². The molecule has 92 valence electrons. The van der Waals surface area contributed by atoms with Gasteiger partial charge in [0.2, 0.25) is 11.2 Å². The van der Waals surface area contributed by atoms with Gasteiger partial charge in [0, 0.05) is 12.2 Å². The highest BCUT2D eigenvalue weighted by atomic mass is 35.5. The summed E-state index contributed by atoms with van der Waals surface area (Å²) in [6.07, 6.45) is 3.06. The lowest BCUT2D eigenvalue weighted by atomic mass is 10.2. The maximum absolute atomic E-state index is 9.76. The van der Waals surface area contributed by atoms with Gasteiger partial charge in [-0.15, -0.1) is 11.8 Å². The van der Waals surface area contributed by atoms with Crippen molar-refractivity contribution < 1.29 is 9.84 Å². The van der Waals surface area contributed by atoms with E-state index in [2.05, 4.69) is 9.97 Å². The minimum atomic E-state index is -0.384. The van der Waals surface area contributed by atoms with Gasteiger partial charge in [-0.1, -0.05) is 0 Å². The highest BCUT2D eigenvalue weighted by Gasteiger charge is 2.30. The second-order valence-electron chi connectivity index (χ2n) is 4.33. The minimum Gasteiger partial charge on any atom is -0.471 e. The van der Waals surface area contributed by atoms with Gasteiger partial charge in [0.25, 0.3) is 0 Å². The summed E-state index contributed by atoms with van der Waals surface area (Å²) in [4.78, 5) is 9.34. The van der Waals surface area contributed by atoms with Crippen LogP contribution in [0.2, 0.25) is 5.28 Å². The Hall–Kier alpha value is -0.520. The van der Waals surface area contributed by atoms with Gasteiger partial charge in [-0.3, -0.25) is 0 Å². The van der Waals surface area contributed by atoms with Crippen molar-refractivity contribution in [1.29, 1.82) is 0 Å². The smallest absolute Gasteiger partial charge is 0.232 e. The number of thioether (sulfide) groups is 1. The number of rotatable bonds is 2. The Bertz CT molecular complexity index is 444. The van der Waals surface area contributed by atoms with Crippen molar-refractivity contribution in [3.8, 4) is 5.88 Å². The van der Waals surface area contributed by atoms with E-state index in [-0.39, 0.29) is 17.5 Å². The summed E-state index contributed by atoms with van der Waals surface area (Å²) >= 11 is 7.57. The van der Waals surface area contributed by atoms with Gasteiger partial charge in [0.15, 0.2) is 0 Å². The molecule has 0 amide bonds. The Labute approximate surface area is 109 Å². The van der Waals surface area contributed by atoms with Crippen LogP contribution in [0.25, 0.3) is 0 Å². The molecule has 1 aliphatic heterocycles. The lowest BCUT2D eigenvalue weighted by Gasteiger charge is -2.17. The first-order valence-corrected chi connectivity index (χ1v) is 7.14. The van der Waals surface area contributed by atoms with E-state index in [1.165, 1.54) is 0 Å². The highest BCUT2D eigenvalue weighted by Crippen LogP contribution is 2.38. The lowest BCUT2D eigenvalue weighted by Crippen LogP contribution is -2.26. The molecule has 0 bridgehead atoms. The molecule has 6 heteroatoms. The second-order valence-corrected chi connectivity index (χ2v) is 5.77. The largest absolute Gasteiger partial charge is 0.471 e. The predicted molar refractivity (Wildman–Crippen MR) is 65.7 cm³/mol. The van der Waals surface area contributed by atoms with Crippen LogP contribution in [0.4, 0.5) is 0 Å². The van der Waals surface area contributed by atoms with Gasteiger partial charge >= 0.3 is 0 Å². The first kappa shape index (κ1) is 11.6. The van der Waals surface area contributed by atoms with E-state index < -0.39 is 0 Å². The molecule has 1 aliphatic carbocycles. The van der Waals surface area contributed by atoms with Crippen LogP contribution in [0.1, 0.15) is 25.0 Å². The maximum atomic E-state index is 9.76. The third-order valence-electron chi connectivity index (χ3n) is 3.14. The fraction of sp³-hybridized carbons (Fsp3) is 0.636. The van der Waals surface area contributed by atoms with Crippen LogP contribution < -0.4 is 4.74 Å². The highest BCUT2D eigenvalue weighted by molar-refractivity contribution is 7.99. The van der Waals surface area contributed by atoms with Crippen LogP contribution in [0, 0.1) is 0 Å². The average molecular weight is 273 g/mol. The summed E-state index contributed by atoms with van der Waals surface area (Å²) in [5, 5.41) is 9.99. The average Bonchev–Trinajstić information content (AvgIpc) is 2.88. The Kier molecular flexibility index (Phi) is 3.15. The molecule has 1 aromatic rings. The van der Waals surface area contributed by atoms with Crippen molar-refractivity contribution in [1.82, 2.24) is 9.97 Å². The number of hydrogen-bond donors (Lipinski definition) is 1. The van der Waals surface area contributed by atoms with E-state index in [9.17, 15) is 5.11 Å². The number of aliphatic hydroxyl groups is 1. The zero-order valence-electron chi connectivity index (χ0n) is 9.23. The summed E-state index contributed by atoms with van der Waals surface area (Å²) in [5.41, 5.74) is 0.970. The number of halogens is 1. The molecule has 0 saturated heterocycles. The molecule has 0 aromatic carbocycles. The van der Waals surface area contributed by atoms with E-state index in [1.807, 2.05) is 0 Å². The number of aliphatic hydroxyl groups excluding tert-OH is 1. The third-order valence-corrected chi connectivity index (χ3v) is 4.42. The summed E-state index contributed by atoms with van der Waals surface area (Å²) < 4.78 is 5.80. The van der Waals surface area contributed by atoms with Gasteiger partial charge in [-0.25, -0.2) is 4.98 Å². The van der Waals surface area contributed by atoms with E-state index in [1.54, 1.807) is 11.8 Å². The monoisotopic (exact) mass is 272 g/mol. The zero-order chi connectivity index (χ0) is 11.8. The molecule has 1 N–H and O–H groups in total. The molecule has 0 spiro atoms. The van der Waals surface area contributed by atoms with E-state index >= 15 is 0 Å². The number of aromatic nitrogens is 2. The van der Waals surface area contributed by atoms with Gasteiger partial charge < -0.3 is 9.84 Å². The predicted octanol–water partition coefficient (Wildman–Crippen LogP) is 2.07. The van der Waals surface area contributed by atoms with Crippen LogP contribution in [-0.2, 0) is 6.42 Å². The van der Waals surface area contributed by atoms with Crippen LogP contribution >= 0.6 is 23.4 Å². The SMILES string of the molecule is O[C@@H]1CCC[C@H]1Oc1nc(Cl)nc2c1SCC2. The maximum Gasteiger partial charge on any atom is 0.232 e. The molecule has 1 fully saturated rings. The summed E-state index contributed by atoms with van der Waals surface area (Å²) in [6, 6.07) is 0. The topological polar surface area (TPSA) is 55.2 Å². The molecule has 0 radical (unpaired) electrons. The summed E-state index contributed by atoms with van der Waals surface area (Å²) in [7, 11) is 0. The Morgan fingerprint density at radius 1 is 1.35 bits per heavy atom. The molecule has 1 saturated carbocycles. The molecule has 1 aromatic heterocycles. The van der Waals surface area contributed by atoms with Crippen LogP contribution in [0.3, 0.4) is 0 Å². The first-order chi connectivity index (χ1) is 8.24. The molecule has 2 heterocycles. The molecule has 3 rings (SSSR count). The number of fused-ring (bicyclic) bond motifs is 1. The van der Waals surface area contributed by atoms with Gasteiger partial charge in [-0.2, -0.15) is 4.98 Å². The van der Waals surface area contributed by atoms with E-state index in [4.69, 9.17) is 16.3 Å². The molecular weight excluding hydrogens is 260 g/mol. The number of nitrogens with zero attached hydrogens (tertiary/aromatic N) is 2. The van der Waals surface area contributed by atoms with Crippen molar-refractivity contribution in [3.05, 3.63) is 11.0 Å². The van der Waals surface area contributed by atoms with Crippen LogP contribution in [0.15, 0.2) is 4.90 Å². The van der Waals surface area contributed by atoms with Crippen molar-refractivity contribution in [2.24, 2.45) is 0 Å². The molecule has 0 unspecified atom stereocenters. The lowest BCUT2D eigenvalue weighted by molar-refractivity contribution is 0.0552. The number of ether oxygens (including phenoxy) is 1. The molecule has 4 nitrogen and oxygen atoms in total. The minimum absolute atomic E-state index is 0.147. The standard InChI is InChI=1S/C11H13ClN2O2S/c12-11-13-6-4-5-17-9(6)10(14-11)16-8-3-1-2-7(8)15/h7-8,15H,1-5H2/t7-,8-/m1/s1. The fourth-order valence-electron chi connectivity index (χ4n) is 2.28. The van der Waals surface area contributed by atoms with Gasteiger partial charge in [-0.05, 0) is 30.9 Å². The summed E-state index contributed by atoms with van der Waals surface area (Å²) in [5.74, 6) is 1.54. The zero-order valence-corrected chi connectivity index (χ0v) is 10.8. The van der Waals surface area contributed by atoms with Crippen molar-refractivity contribution in [3.63, 3.8) is 0 Å². The molecule has 2 aliphatic rings. The Balaban J connectivity index is 1.87. The molecular formula is C11H13ClN2O2S. The van der Waals surface area contributed by atoms with Crippen molar-refractivity contribution in [2.45, 2.75) is 42.8 Å². The van der Waals surface area contributed by atoms with E-state index in [0.29, 0.717) is 5.88 Å². The second kappa shape index (κ2) is 4.63. The number of aryl methyl sites for hydroxylation is 1. The van der Waals surface area contributed by atoms with Gasteiger partial charge in [0.05, 0.1) is 16.7 Å². The van der Waals surface area contributed by atoms with Crippen molar-refractivity contribution >= 4 is 23.4 Å². The third kappa shape index (κ3) is 2.23. The molecule has 2 atom stereocenters. The Morgan fingerprint density at radius 3 is 3.00 bits per heavy atom.